The molecule has 0 radical (unpaired) electrons. The molecule has 0 saturated heterocycles. The van der Waals surface area contributed by atoms with Gasteiger partial charge in [0.15, 0.2) is 17.5 Å². The maximum absolute atomic E-state index is 15.4. The maximum Gasteiger partial charge on any atom is 0.573 e. The second-order valence-corrected chi connectivity index (χ2v) is 10.8. The monoisotopic (exact) mass is 628 g/mol. The number of nitrogens with zero attached hydrogens (tertiary/aromatic N) is 2. The number of hydrogen-bond acceptors (Lipinski definition) is 6. The number of fused-ring (bicyclic) bond motifs is 1. The number of aromatic amines is 1. The van der Waals surface area contributed by atoms with Gasteiger partial charge in [0.2, 0.25) is 0 Å². The Hall–Kier alpha value is -4.69. The van der Waals surface area contributed by atoms with E-state index >= 15 is 4.39 Å². The Kier molecular flexibility index (Phi) is 10.6. The number of aryl methyl sites for hydroxylation is 1. The molecular formula is C31H36F4N8O2. The first-order chi connectivity index (χ1) is 21.3. The van der Waals surface area contributed by atoms with E-state index in [0.717, 1.165) is 11.6 Å². The van der Waals surface area contributed by atoms with Crippen molar-refractivity contribution in [3.63, 3.8) is 0 Å². The van der Waals surface area contributed by atoms with Gasteiger partial charge in [-0.2, -0.15) is 4.98 Å². The van der Waals surface area contributed by atoms with Gasteiger partial charge in [-0.1, -0.05) is 18.2 Å². The Labute approximate surface area is 257 Å². The predicted octanol–water partition coefficient (Wildman–Crippen LogP) is 4.61. The largest absolute Gasteiger partial charge is 0.573 e. The lowest BCUT2D eigenvalue weighted by molar-refractivity contribution is -0.275. The molecule has 0 bridgehead atoms. The average molecular weight is 629 g/mol. The fraction of sp³-hybridized carbons (Fsp3) is 0.323. The van der Waals surface area contributed by atoms with Crippen LogP contribution < -0.4 is 32.5 Å². The third-order valence-electron chi connectivity index (χ3n) is 7.09. The lowest BCUT2D eigenvalue weighted by Crippen LogP contribution is -2.35. The molecule has 0 aliphatic heterocycles. The van der Waals surface area contributed by atoms with Gasteiger partial charge in [0.1, 0.15) is 5.65 Å². The summed E-state index contributed by atoms with van der Waals surface area (Å²) in [6.07, 6.45) is 0.492. The van der Waals surface area contributed by atoms with Gasteiger partial charge < -0.3 is 31.8 Å². The Bertz CT molecular complexity index is 1700. The van der Waals surface area contributed by atoms with Crippen LogP contribution in [-0.2, 0) is 13.0 Å². The second kappa shape index (κ2) is 14.4. The number of guanidine groups is 1. The highest BCUT2D eigenvalue weighted by Crippen LogP contribution is 2.35. The molecule has 2 heterocycles. The third kappa shape index (κ3) is 9.16. The molecule has 0 amide bonds. The van der Waals surface area contributed by atoms with Crippen molar-refractivity contribution in [2.45, 2.75) is 57.6 Å². The molecule has 45 heavy (non-hydrogen) atoms. The lowest BCUT2D eigenvalue weighted by atomic mass is 10.0. The second-order valence-electron chi connectivity index (χ2n) is 10.8. The predicted molar refractivity (Wildman–Crippen MR) is 166 cm³/mol. The standard InChI is InChI=1S/C31H36F4N8O2/c1-3-22(11-12-39-29(37)38)40-16-19-7-9-23(10-8-19)43-17-21-15-25(41-28(21)42-30(43)44)24-13-20(6-4-5-18(2)36)14-26(27(24)32)45-31(33,34)35/h3,7-10,13-15,17-18,22,40H,1,4-6,11-12,16,36H2,2H3,(H4,37,38,39)(H,41,42,44)/t18-,22-/m0/s1. The highest BCUT2D eigenvalue weighted by Gasteiger charge is 2.33. The van der Waals surface area contributed by atoms with Gasteiger partial charge in [-0.05, 0) is 74.1 Å². The molecule has 10 nitrogen and oxygen atoms in total. The molecule has 0 spiro atoms. The summed E-state index contributed by atoms with van der Waals surface area (Å²) in [7, 11) is 0. The summed E-state index contributed by atoms with van der Waals surface area (Å²) in [6, 6.07) is 11.1. The fourth-order valence-electron chi connectivity index (χ4n) is 4.84. The van der Waals surface area contributed by atoms with Crippen LogP contribution in [0.15, 0.2) is 66.1 Å². The van der Waals surface area contributed by atoms with Gasteiger partial charge in [-0.25, -0.2) is 9.18 Å². The molecule has 2 atom stereocenters. The summed E-state index contributed by atoms with van der Waals surface area (Å²) < 4.78 is 59.9. The first-order valence-electron chi connectivity index (χ1n) is 14.3. The number of nitrogens with two attached hydrogens (primary N) is 2. The van der Waals surface area contributed by atoms with Crippen LogP contribution in [0.3, 0.4) is 0 Å². The molecule has 4 rings (SSSR count). The van der Waals surface area contributed by atoms with Gasteiger partial charge in [0.05, 0.1) is 11.4 Å². The molecular weight excluding hydrogens is 592 g/mol. The summed E-state index contributed by atoms with van der Waals surface area (Å²) in [5, 5.41) is 13.8. The fourth-order valence-corrected chi connectivity index (χ4v) is 4.84. The van der Waals surface area contributed by atoms with Crippen LogP contribution >= 0.6 is 0 Å². The van der Waals surface area contributed by atoms with Crippen molar-refractivity contribution >= 4 is 17.0 Å². The first-order valence-corrected chi connectivity index (χ1v) is 14.3. The van der Waals surface area contributed by atoms with Crippen molar-refractivity contribution in [2.75, 3.05) is 6.54 Å². The van der Waals surface area contributed by atoms with E-state index in [0.29, 0.717) is 55.4 Å². The highest BCUT2D eigenvalue weighted by atomic mass is 19.4. The number of alkyl halides is 3. The minimum Gasteiger partial charge on any atom is -0.403 e. The van der Waals surface area contributed by atoms with E-state index in [9.17, 15) is 18.0 Å². The van der Waals surface area contributed by atoms with Crippen LogP contribution in [-0.4, -0.2) is 45.5 Å². The minimum absolute atomic E-state index is 0.00943. The first kappa shape index (κ1) is 33.2. The molecule has 14 heteroatoms. The smallest absolute Gasteiger partial charge is 0.403 e. The van der Waals surface area contributed by atoms with Crippen molar-refractivity contribution in [3.05, 3.63) is 88.7 Å². The van der Waals surface area contributed by atoms with E-state index in [-0.39, 0.29) is 34.9 Å². The Morgan fingerprint density at radius 3 is 2.58 bits per heavy atom. The van der Waals surface area contributed by atoms with E-state index in [4.69, 9.17) is 16.9 Å². The Morgan fingerprint density at radius 1 is 1.20 bits per heavy atom. The minimum atomic E-state index is -5.08. The number of halogens is 4. The average Bonchev–Trinajstić information content (AvgIpc) is 3.37. The Morgan fingerprint density at radius 2 is 1.93 bits per heavy atom. The van der Waals surface area contributed by atoms with E-state index in [1.807, 2.05) is 19.1 Å². The van der Waals surface area contributed by atoms with Crippen LogP contribution in [0.25, 0.3) is 28.0 Å². The van der Waals surface area contributed by atoms with Crippen LogP contribution in [0.4, 0.5) is 17.6 Å². The van der Waals surface area contributed by atoms with Gasteiger partial charge in [-0.15, -0.1) is 19.8 Å². The zero-order valence-corrected chi connectivity index (χ0v) is 24.7. The number of nitrogens with one attached hydrogen (secondary N) is 4. The third-order valence-corrected chi connectivity index (χ3v) is 7.09. The number of H-pyrrole nitrogens is 1. The summed E-state index contributed by atoms with van der Waals surface area (Å²) >= 11 is 0. The summed E-state index contributed by atoms with van der Waals surface area (Å²) in [6.45, 7) is 6.70. The quantitative estimate of drug-likeness (QED) is 0.0515. The maximum atomic E-state index is 15.4. The summed E-state index contributed by atoms with van der Waals surface area (Å²) in [5.41, 5.74) is 12.6. The van der Waals surface area contributed by atoms with Gasteiger partial charge in [0.25, 0.3) is 0 Å². The number of aromatic nitrogens is 3. The Balaban J connectivity index is 1.58. The van der Waals surface area contributed by atoms with Crippen molar-refractivity contribution in [1.29, 1.82) is 5.41 Å². The molecule has 0 saturated carbocycles. The van der Waals surface area contributed by atoms with E-state index in [2.05, 4.69) is 31.9 Å². The van der Waals surface area contributed by atoms with Crippen LogP contribution in [0.2, 0.25) is 0 Å². The normalized spacial score (nSPS) is 13.0. The van der Waals surface area contributed by atoms with Crippen molar-refractivity contribution in [1.82, 2.24) is 25.2 Å². The number of hydrogen-bond donors (Lipinski definition) is 6. The molecule has 2 aromatic carbocycles. The van der Waals surface area contributed by atoms with Crippen LogP contribution in [0.5, 0.6) is 5.75 Å². The highest BCUT2D eigenvalue weighted by molar-refractivity contribution is 5.83. The van der Waals surface area contributed by atoms with Crippen molar-refractivity contribution in [2.24, 2.45) is 11.5 Å². The molecule has 0 aliphatic carbocycles. The molecule has 0 unspecified atom stereocenters. The van der Waals surface area contributed by atoms with E-state index in [1.165, 1.54) is 22.9 Å². The lowest BCUT2D eigenvalue weighted by Gasteiger charge is -2.15. The number of rotatable bonds is 14. The SMILES string of the molecule is C=C[C@@H](CCNC(=N)N)NCc1ccc(-n2cc3cc(-c4cc(CCC[C@H](C)N)cc(OC(F)(F)F)c4F)[nH]c3nc2=O)cc1. The molecule has 8 N–H and O–H groups in total. The summed E-state index contributed by atoms with van der Waals surface area (Å²) in [5.74, 6) is -2.23. The molecule has 240 valence electrons. The zero-order chi connectivity index (χ0) is 32.7. The van der Waals surface area contributed by atoms with Crippen LogP contribution in [0.1, 0.15) is 37.3 Å². The van der Waals surface area contributed by atoms with Crippen molar-refractivity contribution < 1.29 is 22.3 Å². The van der Waals surface area contributed by atoms with Gasteiger partial charge >= 0.3 is 12.1 Å². The van der Waals surface area contributed by atoms with Gasteiger partial charge in [0, 0.05) is 42.3 Å². The molecule has 0 fully saturated rings. The summed E-state index contributed by atoms with van der Waals surface area (Å²) in [4.78, 5) is 19.9. The van der Waals surface area contributed by atoms with Crippen molar-refractivity contribution in [3.8, 4) is 22.7 Å². The van der Waals surface area contributed by atoms with Crippen LogP contribution in [0, 0.1) is 11.2 Å². The topological polar surface area (TPSA) is 160 Å². The zero-order valence-electron chi connectivity index (χ0n) is 24.7. The molecule has 4 aromatic rings. The molecule has 2 aromatic heterocycles. The van der Waals surface area contributed by atoms with E-state index < -0.39 is 23.6 Å². The van der Waals surface area contributed by atoms with E-state index in [1.54, 1.807) is 18.2 Å². The number of ether oxygens (including phenoxy) is 1. The molecule has 0 aliphatic rings. The van der Waals surface area contributed by atoms with Gasteiger partial charge in [-0.3, -0.25) is 9.98 Å². The number of benzene rings is 2.